The Balaban J connectivity index is 2.75. The van der Waals surface area contributed by atoms with E-state index in [2.05, 4.69) is 10.0 Å². The molecule has 22 heavy (non-hydrogen) atoms. The summed E-state index contributed by atoms with van der Waals surface area (Å²) in [4.78, 5) is 11.5. The van der Waals surface area contributed by atoms with Gasteiger partial charge in [-0.25, -0.2) is 13.1 Å². The summed E-state index contributed by atoms with van der Waals surface area (Å²) in [5, 5.41) is 2.19. The van der Waals surface area contributed by atoms with Crippen LogP contribution in [0.25, 0.3) is 5.57 Å². The van der Waals surface area contributed by atoms with Crippen LogP contribution in [0.1, 0.15) is 5.56 Å². The second kappa shape index (κ2) is 7.41. The van der Waals surface area contributed by atoms with Gasteiger partial charge in [0.15, 0.2) is 0 Å². The third-order valence-electron chi connectivity index (χ3n) is 2.45. The van der Waals surface area contributed by atoms with E-state index in [1.165, 1.54) is 24.3 Å². The molecule has 0 aliphatic rings. The van der Waals surface area contributed by atoms with Gasteiger partial charge >= 0.3 is 6.18 Å². The largest absolute Gasteiger partial charge is 0.417 e. The highest BCUT2D eigenvalue weighted by molar-refractivity contribution is 7.88. The lowest BCUT2D eigenvalue weighted by Gasteiger charge is -2.12. The lowest BCUT2D eigenvalue weighted by molar-refractivity contribution is -0.116. The molecule has 0 bridgehead atoms. The molecular weight excluding hydrogens is 321 g/mol. The number of hydrogen-bond acceptors (Lipinski definition) is 3. The molecule has 0 radical (unpaired) electrons. The molecule has 0 aliphatic heterocycles. The van der Waals surface area contributed by atoms with Crippen LogP contribution in [0.3, 0.4) is 0 Å². The van der Waals surface area contributed by atoms with Crippen LogP contribution in [-0.4, -0.2) is 39.8 Å². The standard InChI is InChI=1S/C13H15F3N2O3S/c1-22(20,21)18-8-7-17-12(19)9-11(13(14,15)16)10-5-3-2-4-6-10/h2-6,9,18H,7-8H2,1H3,(H,17,19). The Morgan fingerprint density at radius 2 is 1.77 bits per heavy atom. The molecule has 5 nitrogen and oxygen atoms in total. The van der Waals surface area contributed by atoms with Crippen molar-refractivity contribution < 1.29 is 26.4 Å². The highest BCUT2D eigenvalue weighted by Crippen LogP contribution is 2.33. The minimum Gasteiger partial charge on any atom is -0.351 e. The first kappa shape index (κ1) is 18.2. The molecule has 1 rings (SSSR count). The summed E-state index contributed by atoms with van der Waals surface area (Å²) in [7, 11) is -3.41. The molecule has 0 saturated heterocycles. The smallest absolute Gasteiger partial charge is 0.351 e. The van der Waals surface area contributed by atoms with E-state index in [4.69, 9.17) is 0 Å². The molecule has 0 heterocycles. The van der Waals surface area contributed by atoms with Crippen molar-refractivity contribution in [1.29, 1.82) is 0 Å². The van der Waals surface area contributed by atoms with Crippen molar-refractivity contribution in [1.82, 2.24) is 10.0 Å². The fraction of sp³-hybridized carbons (Fsp3) is 0.308. The van der Waals surface area contributed by atoms with Gasteiger partial charge < -0.3 is 5.32 Å². The fourth-order valence-corrected chi connectivity index (χ4v) is 2.02. The molecule has 0 fully saturated rings. The van der Waals surface area contributed by atoms with Crippen molar-refractivity contribution in [3.63, 3.8) is 0 Å². The van der Waals surface area contributed by atoms with E-state index in [9.17, 15) is 26.4 Å². The Morgan fingerprint density at radius 3 is 2.27 bits per heavy atom. The zero-order chi connectivity index (χ0) is 16.8. The van der Waals surface area contributed by atoms with E-state index in [-0.39, 0.29) is 18.7 Å². The van der Waals surface area contributed by atoms with Crippen LogP contribution < -0.4 is 10.0 Å². The molecular formula is C13H15F3N2O3S. The van der Waals surface area contributed by atoms with Gasteiger partial charge in [-0.3, -0.25) is 4.79 Å². The van der Waals surface area contributed by atoms with Crippen LogP contribution in [0.5, 0.6) is 0 Å². The monoisotopic (exact) mass is 336 g/mol. The average Bonchev–Trinajstić information content (AvgIpc) is 2.40. The molecule has 0 atom stereocenters. The number of carbonyl (C=O) groups excluding carboxylic acids is 1. The Bertz CT molecular complexity index is 640. The summed E-state index contributed by atoms with van der Waals surface area (Å²) >= 11 is 0. The van der Waals surface area contributed by atoms with Crippen LogP contribution in [0.2, 0.25) is 0 Å². The van der Waals surface area contributed by atoms with Gasteiger partial charge in [0.1, 0.15) is 0 Å². The zero-order valence-electron chi connectivity index (χ0n) is 11.6. The van der Waals surface area contributed by atoms with E-state index in [0.717, 1.165) is 6.26 Å². The van der Waals surface area contributed by atoms with Crippen LogP contribution in [-0.2, 0) is 14.8 Å². The van der Waals surface area contributed by atoms with Crippen LogP contribution in [0, 0.1) is 0 Å². The van der Waals surface area contributed by atoms with Crippen molar-refractivity contribution in [2.45, 2.75) is 6.18 Å². The predicted octanol–water partition coefficient (Wildman–Crippen LogP) is 1.30. The van der Waals surface area contributed by atoms with Gasteiger partial charge in [0, 0.05) is 19.2 Å². The number of benzene rings is 1. The van der Waals surface area contributed by atoms with Gasteiger partial charge in [-0.2, -0.15) is 13.2 Å². The molecule has 1 amide bonds. The van der Waals surface area contributed by atoms with E-state index in [1.807, 2.05) is 0 Å². The van der Waals surface area contributed by atoms with Gasteiger partial charge in [-0.15, -0.1) is 0 Å². The third kappa shape index (κ3) is 6.72. The quantitative estimate of drug-likeness (QED) is 0.607. The zero-order valence-corrected chi connectivity index (χ0v) is 12.5. The number of amides is 1. The molecule has 0 aromatic heterocycles. The Hall–Kier alpha value is -1.87. The maximum atomic E-state index is 13.0. The minimum absolute atomic E-state index is 0.106. The lowest BCUT2D eigenvalue weighted by atomic mass is 10.1. The molecule has 9 heteroatoms. The van der Waals surface area contributed by atoms with E-state index < -0.39 is 27.7 Å². The maximum Gasteiger partial charge on any atom is 0.417 e. The van der Waals surface area contributed by atoms with Crippen molar-refractivity contribution in [2.24, 2.45) is 0 Å². The second-order valence-electron chi connectivity index (χ2n) is 4.38. The second-order valence-corrected chi connectivity index (χ2v) is 6.21. The predicted molar refractivity (Wildman–Crippen MR) is 76.3 cm³/mol. The number of allylic oxidation sites excluding steroid dienone is 1. The van der Waals surface area contributed by atoms with Gasteiger partial charge in [0.25, 0.3) is 0 Å². The Kier molecular flexibility index (Phi) is 6.12. The van der Waals surface area contributed by atoms with Crippen LogP contribution in [0.15, 0.2) is 36.4 Å². The van der Waals surface area contributed by atoms with E-state index in [1.54, 1.807) is 6.07 Å². The summed E-state index contributed by atoms with van der Waals surface area (Å²) in [6, 6.07) is 6.93. The first-order valence-corrected chi connectivity index (χ1v) is 8.05. The lowest BCUT2D eigenvalue weighted by Crippen LogP contribution is -2.33. The SMILES string of the molecule is CS(=O)(=O)NCCNC(=O)C=C(c1ccccc1)C(F)(F)F. The normalized spacial score (nSPS) is 13.0. The molecule has 1 aromatic rings. The highest BCUT2D eigenvalue weighted by atomic mass is 32.2. The van der Waals surface area contributed by atoms with Gasteiger partial charge in [0.05, 0.1) is 11.8 Å². The van der Waals surface area contributed by atoms with Gasteiger partial charge in [0.2, 0.25) is 15.9 Å². The summed E-state index contributed by atoms with van der Waals surface area (Å²) < 4.78 is 62.6. The summed E-state index contributed by atoms with van der Waals surface area (Å²) in [6.07, 6.45) is -3.29. The molecule has 0 aliphatic carbocycles. The van der Waals surface area contributed by atoms with Crippen molar-refractivity contribution in [3.8, 4) is 0 Å². The number of nitrogens with one attached hydrogen (secondary N) is 2. The summed E-state index contributed by atoms with van der Waals surface area (Å²) in [5.74, 6) is -0.952. The summed E-state index contributed by atoms with van der Waals surface area (Å²) in [6.45, 7) is -0.229. The Morgan fingerprint density at radius 1 is 1.18 bits per heavy atom. The first-order chi connectivity index (χ1) is 10.1. The van der Waals surface area contributed by atoms with Crippen molar-refractivity contribution in [3.05, 3.63) is 42.0 Å². The third-order valence-corrected chi connectivity index (χ3v) is 3.18. The van der Waals surface area contributed by atoms with Crippen LogP contribution in [0.4, 0.5) is 13.2 Å². The number of rotatable bonds is 6. The molecule has 2 N–H and O–H groups in total. The van der Waals surface area contributed by atoms with Crippen LogP contribution >= 0.6 is 0 Å². The Labute approximate surface area is 126 Å². The van der Waals surface area contributed by atoms with E-state index >= 15 is 0 Å². The maximum absolute atomic E-state index is 13.0. The number of carbonyl (C=O) groups is 1. The number of halogens is 3. The average molecular weight is 336 g/mol. The first-order valence-electron chi connectivity index (χ1n) is 6.16. The fourth-order valence-electron chi connectivity index (χ4n) is 1.55. The van der Waals surface area contributed by atoms with E-state index in [0.29, 0.717) is 6.08 Å². The van der Waals surface area contributed by atoms with Gasteiger partial charge in [-0.05, 0) is 5.56 Å². The molecule has 1 aromatic carbocycles. The molecule has 122 valence electrons. The highest BCUT2D eigenvalue weighted by Gasteiger charge is 2.35. The number of hydrogen-bond donors (Lipinski definition) is 2. The number of sulfonamides is 1. The molecule has 0 unspecified atom stereocenters. The molecule has 0 spiro atoms. The van der Waals surface area contributed by atoms with Crippen molar-refractivity contribution in [2.75, 3.05) is 19.3 Å². The van der Waals surface area contributed by atoms with Gasteiger partial charge in [-0.1, -0.05) is 30.3 Å². The molecule has 0 saturated carbocycles. The topological polar surface area (TPSA) is 75.3 Å². The summed E-state index contributed by atoms with van der Waals surface area (Å²) in [5.41, 5.74) is -1.19. The van der Waals surface area contributed by atoms with Crippen molar-refractivity contribution >= 4 is 21.5 Å². The minimum atomic E-state index is -4.68. The number of alkyl halides is 3.